The van der Waals surface area contributed by atoms with Gasteiger partial charge in [-0.1, -0.05) is 0 Å². The van der Waals surface area contributed by atoms with Gasteiger partial charge in [-0.3, -0.25) is 0 Å². The van der Waals surface area contributed by atoms with Gasteiger partial charge in [-0.05, 0) is 0 Å². The van der Waals surface area contributed by atoms with Crippen LogP contribution in [0.1, 0.15) is 0 Å². The first-order valence-electron chi connectivity index (χ1n) is 0. The van der Waals surface area contributed by atoms with Gasteiger partial charge >= 0.3 is 0 Å². The molecule has 0 aromatic carbocycles. The van der Waals surface area contributed by atoms with Gasteiger partial charge < -0.3 is 21.9 Å². The van der Waals surface area contributed by atoms with Crippen LogP contribution in [0.4, 0.5) is 0 Å². The predicted octanol–water partition coefficient (Wildman–Crippen LogP) is -3.68. The van der Waals surface area contributed by atoms with Crippen LogP contribution < -0.4 is 0 Å². The predicted molar refractivity (Wildman–Crippen MR) is 20.2 cm³/mol. The smallest absolute Gasteiger partial charge is 0 e. The molecule has 0 saturated carbocycles. The zero-order chi connectivity index (χ0) is 0. The van der Waals surface area contributed by atoms with Crippen molar-refractivity contribution in [3.05, 3.63) is 0 Å². The normalized spacial score (nSPS) is 0. The van der Waals surface area contributed by atoms with Crippen molar-refractivity contribution in [2.75, 3.05) is 0 Å². The molecule has 0 aliphatic heterocycles. The molecule has 4 nitrogen and oxygen atoms in total. The minimum atomic E-state index is 0. The van der Waals surface area contributed by atoms with E-state index in [-0.39, 0.29) is 71.6 Å². The van der Waals surface area contributed by atoms with Gasteiger partial charge in [-0.15, -0.1) is 0 Å². The summed E-state index contributed by atoms with van der Waals surface area (Å²) in [5.74, 6) is 0. The van der Waals surface area contributed by atoms with Gasteiger partial charge in [0.25, 0.3) is 0 Å². The van der Waals surface area contributed by atoms with Crippen LogP contribution in [-0.2, 0) is 20.1 Å². The van der Waals surface area contributed by atoms with Crippen molar-refractivity contribution in [2.24, 2.45) is 0 Å². The standard InChI is InChI=1S/Na.4H2O.Tc/h;4*1H2;. The summed E-state index contributed by atoms with van der Waals surface area (Å²) in [6, 6.07) is 0. The third-order valence-electron chi connectivity index (χ3n) is 0. The average Bonchev–Trinajstić information content (AvgIpc) is 0. The Labute approximate surface area is 71.2 Å². The van der Waals surface area contributed by atoms with E-state index in [1.54, 1.807) is 0 Å². The SMILES string of the molecule is O.O.O.O.[Na].[Tc]. The summed E-state index contributed by atoms with van der Waals surface area (Å²) in [4.78, 5) is 0. The van der Waals surface area contributed by atoms with Crippen molar-refractivity contribution in [3.8, 4) is 0 Å². The zero-order valence-corrected chi connectivity index (χ0v) is 7.24. The Morgan fingerprint density at radius 3 is 0.500 bits per heavy atom. The molecule has 0 amide bonds. The largest absolute Gasteiger partial charge is 0.412 e. The molecule has 8 N–H and O–H groups in total. The second-order valence-electron chi connectivity index (χ2n) is 0. The fourth-order valence-corrected chi connectivity index (χ4v) is 0. The van der Waals surface area contributed by atoms with E-state index in [0.717, 1.165) is 0 Å². The van der Waals surface area contributed by atoms with E-state index in [4.69, 9.17) is 0 Å². The van der Waals surface area contributed by atoms with Gasteiger partial charge in [0.2, 0.25) is 0 Å². The van der Waals surface area contributed by atoms with Crippen molar-refractivity contribution in [1.82, 2.24) is 0 Å². The molecule has 0 aromatic rings. The molecule has 6 heavy (non-hydrogen) atoms. The Hall–Kier alpha value is 1.49. The molecule has 0 unspecified atom stereocenters. The fourth-order valence-electron chi connectivity index (χ4n) is 0. The van der Waals surface area contributed by atoms with Crippen molar-refractivity contribution >= 4 is 29.6 Å². The molecule has 40 valence electrons. The Bertz CT molecular complexity index is 7.51. The Morgan fingerprint density at radius 1 is 0.500 bits per heavy atom. The van der Waals surface area contributed by atoms with Crippen molar-refractivity contribution in [2.45, 2.75) is 0 Å². The average molecular weight is 193 g/mol. The quantitative estimate of drug-likeness (QED) is 0.351. The molecule has 0 aliphatic rings. The molecule has 2 radical (unpaired) electrons. The van der Waals surface area contributed by atoms with E-state index in [1.807, 2.05) is 0 Å². The molecule has 0 rings (SSSR count). The van der Waals surface area contributed by atoms with Gasteiger partial charge in [-0.2, -0.15) is 0 Å². The van der Waals surface area contributed by atoms with Crippen LogP contribution >= 0.6 is 0 Å². The summed E-state index contributed by atoms with van der Waals surface area (Å²) in [5.41, 5.74) is 0. The molecule has 0 heterocycles. The number of rotatable bonds is 0. The summed E-state index contributed by atoms with van der Waals surface area (Å²) in [5, 5.41) is 0. The van der Waals surface area contributed by atoms with E-state index >= 15 is 0 Å². The maximum Gasteiger partial charge on any atom is 0 e. The van der Waals surface area contributed by atoms with Crippen LogP contribution in [0.5, 0.6) is 0 Å². The summed E-state index contributed by atoms with van der Waals surface area (Å²) in [6.07, 6.45) is 0. The molecule has 0 bridgehead atoms. The summed E-state index contributed by atoms with van der Waals surface area (Å²) in [6.45, 7) is 0. The van der Waals surface area contributed by atoms with E-state index in [2.05, 4.69) is 0 Å². The van der Waals surface area contributed by atoms with Crippen LogP contribution in [0.3, 0.4) is 0 Å². The molecule has 0 saturated heterocycles. The first kappa shape index (κ1) is 142. The minimum Gasteiger partial charge on any atom is -0.412 e. The minimum absolute atomic E-state index is 0. The molecule has 0 aromatic heterocycles. The summed E-state index contributed by atoms with van der Waals surface area (Å²) < 4.78 is 0. The maximum absolute atomic E-state index is 0. The van der Waals surface area contributed by atoms with Gasteiger partial charge in [0.1, 0.15) is 0 Å². The van der Waals surface area contributed by atoms with Crippen LogP contribution in [0.2, 0.25) is 0 Å². The Morgan fingerprint density at radius 2 is 0.500 bits per heavy atom. The Kier molecular flexibility index (Phi) is 2090. The molecular formula is H8NaO4Tc. The molecule has 0 fully saturated rings. The van der Waals surface area contributed by atoms with Crippen LogP contribution in [0.15, 0.2) is 0 Å². The van der Waals surface area contributed by atoms with Gasteiger partial charge in [0.05, 0.1) is 0 Å². The van der Waals surface area contributed by atoms with Crippen LogP contribution in [0, 0.1) is 0 Å². The maximum atomic E-state index is 0. The molecular weight excluding hydrogens is 185 g/mol. The molecule has 0 aliphatic carbocycles. The Balaban J connectivity index is 0. The zero-order valence-electron chi connectivity index (χ0n) is 3.38. The van der Waals surface area contributed by atoms with Crippen LogP contribution in [0.25, 0.3) is 0 Å². The third-order valence-corrected chi connectivity index (χ3v) is 0. The van der Waals surface area contributed by atoms with Crippen molar-refractivity contribution < 1.29 is 42.0 Å². The second-order valence-corrected chi connectivity index (χ2v) is 0. The molecule has 0 spiro atoms. The number of hydrogen-bond acceptors (Lipinski definition) is 0. The van der Waals surface area contributed by atoms with E-state index < -0.39 is 0 Å². The summed E-state index contributed by atoms with van der Waals surface area (Å²) in [7, 11) is 0. The third kappa shape index (κ3) is 49.9. The fraction of sp³-hybridized carbons (Fsp3) is 0. The van der Waals surface area contributed by atoms with Crippen LogP contribution in [-0.4, -0.2) is 51.5 Å². The second kappa shape index (κ2) is 88.2. The number of hydrogen-bond donors (Lipinski definition) is 0. The van der Waals surface area contributed by atoms with Gasteiger partial charge in [0.15, 0.2) is 0 Å². The van der Waals surface area contributed by atoms with E-state index in [1.165, 1.54) is 0 Å². The van der Waals surface area contributed by atoms with E-state index in [9.17, 15) is 0 Å². The first-order valence-corrected chi connectivity index (χ1v) is 0. The molecule has 0 atom stereocenters. The van der Waals surface area contributed by atoms with Crippen molar-refractivity contribution in [1.29, 1.82) is 0 Å². The van der Waals surface area contributed by atoms with E-state index in [0.29, 0.717) is 0 Å². The van der Waals surface area contributed by atoms with Crippen molar-refractivity contribution in [3.63, 3.8) is 0 Å². The van der Waals surface area contributed by atoms with Gasteiger partial charge in [-0.25, -0.2) is 0 Å². The monoisotopic (exact) mass is 192 g/mol. The summed E-state index contributed by atoms with van der Waals surface area (Å²) >= 11 is 0. The topological polar surface area (TPSA) is 126 Å². The van der Waals surface area contributed by atoms with Gasteiger partial charge in [0, 0.05) is 49.7 Å². The molecule has 6 heteroatoms. The first-order chi connectivity index (χ1) is 0.